The lowest BCUT2D eigenvalue weighted by molar-refractivity contribution is -0.141. The van der Waals surface area contributed by atoms with Crippen LogP contribution in [0.3, 0.4) is 0 Å². The first-order valence-electron chi connectivity index (χ1n) is 8.55. The fourth-order valence-electron chi connectivity index (χ4n) is 2.40. The lowest BCUT2D eigenvalue weighted by Gasteiger charge is -2.24. The predicted molar refractivity (Wildman–Crippen MR) is 110 cm³/mol. The number of anilines is 1. The highest BCUT2D eigenvalue weighted by molar-refractivity contribution is 7.93. The number of benzene rings is 2. The molecule has 2 rings (SSSR count). The van der Waals surface area contributed by atoms with Gasteiger partial charge in [0.2, 0.25) is 0 Å². The van der Waals surface area contributed by atoms with Gasteiger partial charge in [-0.05, 0) is 63.2 Å². The quantitative estimate of drug-likeness (QED) is 0.557. The van der Waals surface area contributed by atoms with Crippen molar-refractivity contribution in [1.82, 2.24) is 0 Å². The normalized spacial score (nSPS) is 11.4. The molecule has 2 aromatic carbocycles. The molecule has 0 N–H and O–H groups in total. The van der Waals surface area contributed by atoms with Crippen molar-refractivity contribution >= 4 is 44.9 Å². The van der Waals surface area contributed by atoms with Crippen LogP contribution < -0.4 is 9.04 Å². The fourth-order valence-corrected chi connectivity index (χ4v) is 4.54. The van der Waals surface area contributed by atoms with Crippen LogP contribution in [0.2, 0.25) is 10.0 Å². The molecule has 0 heterocycles. The van der Waals surface area contributed by atoms with Crippen LogP contribution in [0.15, 0.2) is 47.4 Å². The number of hydrogen-bond acceptors (Lipinski definition) is 5. The smallest absolute Gasteiger partial charge is 0.326 e. The largest absolute Gasteiger partial charge is 0.491 e. The summed E-state index contributed by atoms with van der Waals surface area (Å²) in [7, 11) is -4.18. The van der Waals surface area contributed by atoms with Crippen molar-refractivity contribution in [2.45, 2.75) is 31.8 Å². The van der Waals surface area contributed by atoms with E-state index in [1.165, 1.54) is 18.2 Å². The van der Waals surface area contributed by atoms with E-state index in [-0.39, 0.29) is 33.3 Å². The highest BCUT2D eigenvalue weighted by atomic mass is 35.5. The van der Waals surface area contributed by atoms with Crippen LogP contribution in [0.1, 0.15) is 20.8 Å². The van der Waals surface area contributed by atoms with Crippen molar-refractivity contribution in [1.29, 1.82) is 0 Å². The summed E-state index contributed by atoms with van der Waals surface area (Å²) in [6.07, 6.45) is -0.0320. The highest BCUT2D eigenvalue weighted by Gasteiger charge is 2.30. The zero-order valence-electron chi connectivity index (χ0n) is 15.7. The van der Waals surface area contributed by atoms with Crippen LogP contribution in [-0.2, 0) is 19.6 Å². The number of rotatable bonds is 8. The van der Waals surface area contributed by atoms with Gasteiger partial charge in [-0.15, -0.1) is 0 Å². The summed E-state index contributed by atoms with van der Waals surface area (Å²) in [5.41, 5.74) is 0.264. The summed E-state index contributed by atoms with van der Waals surface area (Å²) >= 11 is 12.0. The molecule has 0 bridgehead atoms. The van der Waals surface area contributed by atoms with Gasteiger partial charge in [0, 0.05) is 5.02 Å². The minimum atomic E-state index is -4.18. The monoisotopic (exact) mass is 445 g/mol. The van der Waals surface area contributed by atoms with Crippen LogP contribution >= 0.6 is 23.2 Å². The molecule has 28 heavy (non-hydrogen) atoms. The van der Waals surface area contributed by atoms with Crippen molar-refractivity contribution in [2.75, 3.05) is 17.5 Å². The number of carbonyl (C=O) groups excluding carboxylic acids is 1. The Morgan fingerprint density at radius 3 is 2.32 bits per heavy atom. The van der Waals surface area contributed by atoms with Crippen molar-refractivity contribution in [2.24, 2.45) is 0 Å². The number of nitrogens with zero attached hydrogens (tertiary/aromatic N) is 1. The van der Waals surface area contributed by atoms with Crippen LogP contribution in [0.5, 0.6) is 5.75 Å². The molecule has 0 fully saturated rings. The van der Waals surface area contributed by atoms with Crippen molar-refractivity contribution in [3.05, 3.63) is 52.5 Å². The predicted octanol–water partition coefficient (Wildman–Crippen LogP) is 4.54. The van der Waals surface area contributed by atoms with Gasteiger partial charge >= 0.3 is 5.97 Å². The standard InChI is InChI=1S/C19H21Cl2NO5S/c1-4-26-19(23)12-22(15-6-8-16(9-7-15)27-13(2)3)28(24,25)18-11-14(20)5-10-17(18)21/h5-11,13H,4,12H2,1-3H3. The van der Waals surface area contributed by atoms with Gasteiger partial charge in [0.1, 0.15) is 17.2 Å². The van der Waals surface area contributed by atoms with Gasteiger partial charge in [0.15, 0.2) is 0 Å². The Morgan fingerprint density at radius 1 is 1.11 bits per heavy atom. The molecule has 0 aliphatic heterocycles. The van der Waals surface area contributed by atoms with E-state index in [0.29, 0.717) is 5.75 Å². The first-order valence-corrected chi connectivity index (χ1v) is 10.7. The second-order valence-corrected chi connectivity index (χ2v) is 8.73. The number of carbonyl (C=O) groups is 1. The molecule has 6 nitrogen and oxygen atoms in total. The molecule has 0 radical (unpaired) electrons. The van der Waals surface area contributed by atoms with E-state index in [1.807, 2.05) is 13.8 Å². The average molecular weight is 446 g/mol. The van der Waals surface area contributed by atoms with Crippen molar-refractivity contribution in [3.8, 4) is 5.75 Å². The first-order chi connectivity index (χ1) is 13.1. The molecule has 0 unspecified atom stereocenters. The van der Waals surface area contributed by atoms with Gasteiger partial charge in [0.05, 0.1) is 23.4 Å². The van der Waals surface area contributed by atoms with E-state index in [0.717, 1.165) is 4.31 Å². The molecule has 0 spiro atoms. The number of hydrogen-bond donors (Lipinski definition) is 0. The molecule has 0 aromatic heterocycles. The Morgan fingerprint density at radius 2 is 1.75 bits per heavy atom. The van der Waals surface area contributed by atoms with E-state index < -0.39 is 22.5 Å². The summed E-state index contributed by atoms with van der Waals surface area (Å²) in [6.45, 7) is 5.02. The first kappa shape index (κ1) is 22.3. The van der Waals surface area contributed by atoms with Gasteiger partial charge in [-0.3, -0.25) is 9.10 Å². The molecular weight excluding hydrogens is 425 g/mol. The van der Waals surface area contributed by atoms with Crippen LogP contribution in [-0.4, -0.2) is 33.6 Å². The van der Waals surface area contributed by atoms with Gasteiger partial charge in [-0.1, -0.05) is 23.2 Å². The molecule has 2 aromatic rings. The Kier molecular flexibility index (Phi) is 7.57. The van der Waals surface area contributed by atoms with E-state index in [2.05, 4.69) is 0 Å². The zero-order valence-corrected chi connectivity index (χ0v) is 18.0. The summed E-state index contributed by atoms with van der Waals surface area (Å²) in [5.74, 6) is -0.111. The number of halogens is 2. The second-order valence-electron chi connectivity index (χ2n) is 6.05. The van der Waals surface area contributed by atoms with Gasteiger partial charge < -0.3 is 9.47 Å². The second kappa shape index (κ2) is 9.49. The third kappa shape index (κ3) is 5.53. The SMILES string of the molecule is CCOC(=O)CN(c1ccc(OC(C)C)cc1)S(=O)(=O)c1cc(Cl)ccc1Cl. The topological polar surface area (TPSA) is 72.9 Å². The van der Waals surface area contributed by atoms with E-state index >= 15 is 0 Å². The third-order valence-corrected chi connectivity index (χ3v) is 6.03. The van der Waals surface area contributed by atoms with Crippen LogP contribution in [0.25, 0.3) is 0 Å². The number of sulfonamides is 1. The lowest BCUT2D eigenvalue weighted by atomic mass is 10.3. The summed E-state index contributed by atoms with van der Waals surface area (Å²) in [4.78, 5) is 11.9. The molecule has 0 atom stereocenters. The van der Waals surface area contributed by atoms with Crippen molar-refractivity contribution < 1.29 is 22.7 Å². The maximum absolute atomic E-state index is 13.3. The molecule has 152 valence electrons. The summed E-state index contributed by atoms with van der Waals surface area (Å²) in [5, 5.41) is 0.206. The molecule has 0 saturated heterocycles. The Bertz CT molecular complexity index is 930. The third-order valence-electron chi connectivity index (χ3n) is 3.54. The molecule has 0 saturated carbocycles. The molecule has 9 heteroatoms. The Hall–Kier alpha value is -1.96. The maximum atomic E-state index is 13.3. The van der Waals surface area contributed by atoms with Crippen LogP contribution in [0.4, 0.5) is 5.69 Å². The molecular formula is C19H21Cl2NO5S. The van der Waals surface area contributed by atoms with Gasteiger partial charge in [0.25, 0.3) is 10.0 Å². The molecule has 0 amide bonds. The van der Waals surface area contributed by atoms with E-state index in [4.69, 9.17) is 32.7 Å². The summed E-state index contributed by atoms with van der Waals surface area (Å²) < 4.78 is 37.9. The van der Waals surface area contributed by atoms with Crippen LogP contribution in [0, 0.1) is 0 Å². The Labute approximate surface area is 175 Å². The lowest BCUT2D eigenvalue weighted by Crippen LogP contribution is -2.36. The van der Waals surface area contributed by atoms with Gasteiger partial charge in [-0.25, -0.2) is 8.42 Å². The van der Waals surface area contributed by atoms with Gasteiger partial charge in [-0.2, -0.15) is 0 Å². The molecule has 0 aliphatic rings. The Balaban J connectivity index is 2.49. The molecule has 0 aliphatic carbocycles. The minimum absolute atomic E-state index is 0.00183. The maximum Gasteiger partial charge on any atom is 0.326 e. The highest BCUT2D eigenvalue weighted by Crippen LogP contribution is 2.31. The van der Waals surface area contributed by atoms with E-state index in [9.17, 15) is 13.2 Å². The van der Waals surface area contributed by atoms with Crippen molar-refractivity contribution in [3.63, 3.8) is 0 Å². The summed E-state index contributed by atoms with van der Waals surface area (Å²) in [6, 6.07) is 10.5. The number of esters is 1. The fraction of sp³-hybridized carbons (Fsp3) is 0.316. The van der Waals surface area contributed by atoms with E-state index in [1.54, 1.807) is 31.2 Å². The zero-order chi connectivity index (χ0) is 20.9. The minimum Gasteiger partial charge on any atom is -0.491 e. The number of ether oxygens (including phenoxy) is 2. The average Bonchev–Trinajstić information content (AvgIpc) is 2.62.